The van der Waals surface area contributed by atoms with Gasteiger partial charge in [0.05, 0.1) is 6.04 Å². The molecule has 1 amide bonds. The number of unbranched alkanes of at least 4 members (excludes halogenated alkanes) is 3. The zero-order valence-corrected chi connectivity index (χ0v) is 12.3. The van der Waals surface area contributed by atoms with Crippen LogP contribution in [0.5, 0.6) is 0 Å². The summed E-state index contributed by atoms with van der Waals surface area (Å²) in [5.41, 5.74) is 7.26. The van der Waals surface area contributed by atoms with Crippen LogP contribution >= 0.6 is 0 Å². The van der Waals surface area contributed by atoms with Crippen molar-refractivity contribution in [1.82, 2.24) is 5.32 Å². The fraction of sp³-hybridized carbons (Fsp3) is 0.588. The third-order valence-electron chi connectivity index (χ3n) is 4.05. The molecule has 0 aromatic heterocycles. The Morgan fingerprint density at radius 2 is 2.05 bits per heavy atom. The highest BCUT2D eigenvalue weighted by Gasteiger charge is 2.39. The monoisotopic (exact) mass is 274 g/mol. The number of hydrogen-bond acceptors (Lipinski definition) is 2. The average molecular weight is 274 g/mol. The third kappa shape index (κ3) is 4.34. The van der Waals surface area contributed by atoms with Crippen molar-refractivity contribution in [2.24, 2.45) is 5.73 Å². The molecule has 0 spiro atoms. The van der Waals surface area contributed by atoms with E-state index in [-0.39, 0.29) is 18.0 Å². The van der Waals surface area contributed by atoms with E-state index in [1.807, 2.05) is 18.2 Å². The van der Waals surface area contributed by atoms with Crippen molar-refractivity contribution in [1.29, 1.82) is 0 Å². The van der Waals surface area contributed by atoms with Gasteiger partial charge in [0.25, 0.3) is 0 Å². The van der Waals surface area contributed by atoms with Crippen molar-refractivity contribution in [2.75, 3.05) is 0 Å². The smallest absolute Gasteiger partial charge is 0.237 e. The van der Waals surface area contributed by atoms with E-state index in [0.717, 1.165) is 19.3 Å². The minimum atomic E-state index is -0.344. The molecule has 1 saturated carbocycles. The molecular formula is C17H26N2O. The summed E-state index contributed by atoms with van der Waals surface area (Å²) in [4.78, 5) is 12.0. The first-order valence-corrected chi connectivity index (χ1v) is 7.83. The molecule has 0 bridgehead atoms. The summed E-state index contributed by atoms with van der Waals surface area (Å²) >= 11 is 0. The quantitative estimate of drug-likeness (QED) is 0.716. The normalized spacial score (nSPS) is 22.3. The molecule has 1 aromatic carbocycles. The van der Waals surface area contributed by atoms with Crippen LogP contribution in [-0.4, -0.2) is 18.0 Å². The number of carbonyl (C=O) groups excluding carboxylic acids is 1. The van der Waals surface area contributed by atoms with E-state index in [9.17, 15) is 4.79 Å². The molecule has 3 unspecified atom stereocenters. The Kier molecular flexibility index (Phi) is 5.60. The Balaban J connectivity index is 1.68. The van der Waals surface area contributed by atoms with E-state index < -0.39 is 0 Å². The summed E-state index contributed by atoms with van der Waals surface area (Å²) in [6, 6.07) is 10.3. The fourth-order valence-corrected chi connectivity index (χ4v) is 2.64. The average Bonchev–Trinajstić information content (AvgIpc) is 3.23. The predicted octanol–water partition coefficient (Wildman–Crippen LogP) is 2.96. The topological polar surface area (TPSA) is 55.1 Å². The number of hydrogen-bond donors (Lipinski definition) is 2. The SMILES string of the molecule is CCCCCCC(N)C(=O)NC1CC1c1ccccc1. The van der Waals surface area contributed by atoms with Crippen molar-refractivity contribution in [3.63, 3.8) is 0 Å². The van der Waals surface area contributed by atoms with Crippen LogP contribution in [0.2, 0.25) is 0 Å². The molecular weight excluding hydrogens is 248 g/mol. The Morgan fingerprint density at radius 3 is 2.75 bits per heavy atom. The molecule has 1 aliphatic carbocycles. The Labute approximate surface area is 121 Å². The van der Waals surface area contributed by atoms with Crippen LogP contribution in [-0.2, 0) is 4.79 Å². The zero-order valence-electron chi connectivity index (χ0n) is 12.3. The van der Waals surface area contributed by atoms with Crippen LogP contribution in [0.3, 0.4) is 0 Å². The molecule has 2 rings (SSSR count). The molecule has 3 nitrogen and oxygen atoms in total. The summed E-state index contributed by atoms with van der Waals surface area (Å²) in [7, 11) is 0. The molecule has 1 fully saturated rings. The number of nitrogens with one attached hydrogen (secondary N) is 1. The lowest BCUT2D eigenvalue weighted by Gasteiger charge is -2.12. The van der Waals surface area contributed by atoms with Crippen LogP contribution < -0.4 is 11.1 Å². The summed E-state index contributed by atoms with van der Waals surface area (Å²) in [6.07, 6.45) is 6.50. The van der Waals surface area contributed by atoms with Crippen LogP contribution in [0, 0.1) is 0 Å². The zero-order chi connectivity index (χ0) is 14.4. The van der Waals surface area contributed by atoms with Crippen LogP contribution in [0.4, 0.5) is 0 Å². The number of nitrogens with two attached hydrogens (primary N) is 1. The van der Waals surface area contributed by atoms with Gasteiger partial charge in [0, 0.05) is 12.0 Å². The van der Waals surface area contributed by atoms with Gasteiger partial charge in [0.15, 0.2) is 0 Å². The number of benzene rings is 1. The van der Waals surface area contributed by atoms with E-state index in [1.54, 1.807) is 0 Å². The second kappa shape index (κ2) is 7.44. The van der Waals surface area contributed by atoms with E-state index in [0.29, 0.717) is 5.92 Å². The minimum Gasteiger partial charge on any atom is -0.351 e. The first-order valence-electron chi connectivity index (χ1n) is 7.83. The molecule has 0 radical (unpaired) electrons. The van der Waals surface area contributed by atoms with Crippen molar-refractivity contribution in [3.05, 3.63) is 35.9 Å². The van der Waals surface area contributed by atoms with Crippen molar-refractivity contribution < 1.29 is 4.79 Å². The largest absolute Gasteiger partial charge is 0.351 e. The third-order valence-corrected chi connectivity index (χ3v) is 4.05. The van der Waals surface area contributed by atoms with Gasteiger partial charge in [-0.25, -0.2) is 0 Å². The molecule has 3 heteroatoms. The lowest BCUT2D eigenvalue weighted by atomic mass is 10.1. The Morgan fingerprint density at radius 1 is 1.30 bits per heavy atom. The van der Waals surface area contributed by atoms with Crippen molar-refractivity contribution >= 4 is 5.91 Å². The molecule has 0 aliphatic heterocycles. The molecule has 3 atom stereocenters. The molecule has 1 aromatic rings. The van der Waals surface area contributed by atoms with Crippen LogP contribution in [0.1, 0.15) is 56.9 Å². The van der Waals surface area contributed by atoms with Gasteiger partial charge in [-0.15, -0.1) is 0 Å². The van der Waals surface area contributed by atoms with Crippen LogP contribution in [0.15, 0.2) is 30.3 Å². The second-order valence-corrected chi connectivity index (χ2v) is 5.82. The summed E-state index contributed by atoms with van der Waals surface area (Å²) in [5, 5.41) is 3.08. The predicted molar refractivity (Wildman–Crippen MR) is 82.5 cm³/mol. The first kappa shape index (κ1) is 15.0. The molecule has 3 N–H and O–H groups in total. The van der Waals surface area contributed by atoms with E-state index in [2.05, 4.69) is 24.4 Å². The van der Waals surface area contributed by atoms with Gasteiger partial charge in [0.2, 0.25) is 5.91 Å². The number of rotatable bonds is 8. The number of carbonyl (C=O) groups is 1. The van der Waals surface area contributed by atoms with Gasteiger partial charge in [-0.05, 0) is 18.4 Å². The summed E-state index contributed by atoms with van der Waals surface area (Å²) < 4.78 is 0. The van der Waals surface area contributed by atoms with Crippen molar-refractivity contribution in [3.8, 4) is 0 Å². The number of amides is 1. The van der Waals surface area contributed by atoms with Gasteiger partial charge >= 0.3 is 0 Å². The van der Waals surface area contributed by atoms with E-state index in [1.165, 1.54) is 24.8 Å². The van der Waals surface area contributed by atoms with Gasteiger partial charge in [-0.1, -0.05) is 62.9 Å². The second-order valence-electron chi connectivity index (χ2n) is 5.82. The van der Waals surface area contributed by atoms with Gasteiger partial charge in [-0.3, -0.25) is 4.79 Å². The van der Waals surface area contributed by atoms with Crippen LogP contribution in [0.25, 0.3) is 0 Å². The summed E-state index contributed by atoms with van der Waals surface area (Å²) in [6.45, 7) is 2.18. The highest BCUT2D eigenvalue weighted by molar-refractivity contribution is 5.82. The lowest BCUT2D eigenvalue weighted by Crippen LogP contribution is -2.41. The maximum absolute atomic E-state index is 12.0. The van der Waals surface area contributed by atoms with Gasteiger partial charge < -0.3 is 11.1 Å². The molecule has 0 heterocycles. The minimum absolute atomic E-state index is 0.0185. The lowest BCUT2D eigenvalue weighted by molar-refractivity contribution is -0.122. The van der Waals surface area contributed by atoms with Gasteiger partial charge in [0.1, 0.15) is 0 Å². The maximum Gasteiger partial charge on any atom is 0.237 e. The highest BCUT2D eigenvalue weighted by Crippen LogP contribution is 2.40. The highest BCUT2D eigenvalue weighted by atomic mass is 16.2. The fourth-order valence-electron chi connectivity index (χ4n) is 2.64. The summed E-state index contributed by atoms with van der Waals surface area (Å²) in [5.74, 6) is 0.498. The standard InChI is InChI=1S/C17H26N2O/c1-2-3-4-8-11-15(18)17(20)19-16-12-14(16)13-9-6-5-7-10-13/h5-7,9-10,14-16H,2-4,8,11-12,18H2,1H3,(H,19,20). The van der Waals surface area contributed by atoms with E-state index >= 15 is 0 Å². The molecule has 0 saturated heterocycles. The molecule has 1 aliphatic rings. The molecule has 110 valence electrons. The van der Waals surface area contributed by atoms with Gasteiger partial charge in [-0.2, -0.15) is 0 Å². The van der Waals surface area contributed by atoms with Crippen molar-refractivity contribution in [2.45, 2.75) is 63.5 Å². The first-order chi connectivity index (χ1) is 9.72. The van der Waals surface area contributed by atoms with E-state index in [4.69, 9.17) is 5.73 Å². The molecule has 20 heavy (non-hydrogen) atoms. The maximum atomic E-state index is 12.0. The Bertz CT molecular complexity index is 418. The Hall–Kier alpha value is -1.35.